The minimum absolute atomic E-state index is 0.193. The Kier molecular flexibility index (Phi) is 3.92. The van der Waals surface area contributed by atoms with Gasteiger partial charge in [-0.05, 0) is 31.9 Å². The maximum Gasteiger partial charge on any atom is 0.245 e. The molecule has 2 heterocycles. The van der Waals surface area contributed by atoms with Crippen molar-refractivity contribution >= 4 is 23.5 Å². The Hall–Kier alpha value is -2.24. The van der Waals surface area contributed by atoms with Crippen molar-refractivity contribution in [2.24, 2.45) is 11.8 Å². The molecule has 1 saturated heterocycles. The molecule has 6 nitrogen and oxygen atoms in total. The lowest BCUT2D eigenvalue weighted by Crippen LogP contribution is -2.38. The summed E-state index contributed by atoms with van der Waals surface area (Å²) in [5, 5.41) is 2.64. The second-order valence-corrected chi connectivity index (χ2v) is 5.97. The lowest BCUT2D eigenvalue weighted by Gasteiger charge is -2.19. The summed E-state index contributed by atoms with van der Waals surface area (Å²) < 4.78 is 0. The summed E-state index contributed by atoms with van der Waals surface area (Å²) in [4.78, 5) is 42.0. The highest BCUT2D eigenvalue weighted by Crippen LogP contribution is 2.37. The van der Waals surface area contributed by atoms with E-state index in [-0.39, 0.29) is 30.2 Å². The fourth-order valence-corrected chi connectivity index (χ4v) is 3.33. The average Bonchev–Trinajstić information content (AvgIpc) is 2.73. The summed E-state index contributed by atoms with van der Waals surface area (Å²) in [6.45, 7) is 1.61. The SMILES string of the molecule is Cc1cccc(NC(=O)CN2C(=O)C3CCCCC3C2=O)n1. The molecule has 0 spiro atoms. The van der Waals surface area contributed by atoms with Crippen LogP contribution in [0, 0.1) is 18.8 Å². The predicted molar refractivity (Wildman–Crippen MR) is 79.8 cm³/mol. The number of rotatable bonds is 3. The number of nitrogens with zero attached hydrogens (tertiary/aromatic N) is 2. The number of pyridine rings is 1. The van der Waals surface area contributed by atoms with Gasteiger partial charge < -0.3 is 5.32 Å². The van der Waals surface area contributed by atoms with Crippen molar-refractivity contribution < 1.29 is 14.4 Å². The van der Waals surface area contributed by atoms with E-state index in [1.54, 1.807) is 12.1 Å². The molecule has 0 bridgehead atoms. The van der Waals surface area contributed by atoms with Crippen molar-refractivity contribution in [3.05, 3.63) is 23.9 Å². The lowest BCUT2D eigenvalue weighted by molar-refractivity contribution is -0.142. The number of carbonyl (C=O) groups excluding carboxylic acids is 3. The molecule has 1 aliphatic heterocycles. The Balaban J connectivity index is 1.66. The number of aromatic nitrogens is 1. The third-order valence-corrected chi connectivity index (χ3v) is 4.39. The Morgan fingerprint density at radius 1 is 1.23 bits per heavy atom. The number of imide groups is 1. The molecule has 3 rings (SSSR count). The van der Waals surface area contributed by atoms with Crippen molar-refractivity contribution in [2.75, 3.05) is 11.9 Å². The Morgan fingerprint density at radius 3 is 2.45 bits per heavy atom. The van der Waals surface area contributed by atoms with Crippen molar-refractivity contribution in [3.8, 4) is 0 Å². The second kappa shape index (κ2) is 5.87. The van der Waals surface area contributed by atoms with E-state index in [0.717, 1.165) is 36.3 Å². The first-order chi connectivity index (χ1) is 10.6. The van der Waals surface area contributed by atoms with Gasteiger partial charge in [0.15, 0.2) is 0 Å². The summed E-state index contributed by atoms with van der Waals surface area (Å²) in [5.74, 6) is -0.777. The summed E-state index contributed by atoms with van der Waals surface area (Å²) in [7, 11) is 0. The fourth-order valence-electron chi connectivity index (χ4n) is 3.33. The molecule has 6 heteroatoms. The van der Waals surface area contributed by atoms with Gasteiger partial charge in [-0.15, -0.1) is 0 Å². The number of amides is 3. The van der Waals surface area contributed by atoms with E-state index in [1.807, 2.05) is 13.0 Å². The quantitative estimate of drug-likeness (QED) is 0.858. The zero-order valence-corrected chi connectivity index (χ0v) is 12.5. The van der Waals surface area contributed by atoms with Gasteiger partial charge in [0.1, 0.15) is 12.4 Å². The predicted octanol–water partition coefficient (Wildman–Crippen LogP) is 1.50. The summed E-state index contributed by atoms with van der Waals surface area (Å²) >= 11 is 0. The number of anilines is 1. The van der Waals surface area contributed by atoms with Crippen LogP contribution in [0.1, 0.15) is 31.4 Å². The Labute approximate surface area is 128 Å². The number of hydrogen-bond donors (Lipinski definition) is 1. The molecule has 2 unspecified atom stereocenters. The fraction of sp³-hybridized carbons (Fsp3) is 0.500. The summed E-state index contributed by atoms with van der Waals surface area (Å²) in [6, 6.07) is 5.30. The minimum atomic E-state index is -0.390. The standard InChI is InChI=1S/C16H19N3O3/c1-10-5-4-8-13(17-10)18-14(20)9-19-15(21)11-6-2-3-7-12(11)16(19)22/h4-5,8,11-12H,2-3,6-7,9H2,1H3,(H,17,18,20). The first kappa shape index (κ1) is 14.7. The third kappa shape index (κ3) is 2.73. The maximum atomic E-state index is 12.3. The van der Waals surface area contributed by atoms with Crippen LogP contribution < -0.4 is 5.32 Å². The number of likely N-dealkylation sites (tertiary alicyclic amines) is 1. The number of carbonyl (C=O) groups is 3. The van der Waals surface area contributed by atoms with Crippen LogP contribution in [0.15, 0.2) is 18.2 Å². The maximum absolute atomic E-state index is 12.3. The summed E-state index contributed by atoms with van der Waals surface area (Å²) in [5.41, 5.74) is 0.789. The first-order valence-corrected chi connectivity index (χ1v) is 7.65. The largest absolute Gasteiger partial charge is 0.309 e. The molecule has 116 valence electrons. The van der Waals surface area contributed by atoms with Gasteiger partial charge in [0.25, 0.3) is 0 Å². The molecule has 0 aromatic carbocycles. The van der Waals surface area contributed by atoms with Crippen LogP contribution in [0.3, 0.4) is 0 Å². The van der Waals surface area contributed by atoms with E-state index in [9.17, 15) is 14.4 Å². The van der Waals surface area contributed by atoms with Crippen molar-refractivity contribution in [1.82, 2.24) is 9.88 Å². The van der Waals surface area contributed by atoms with E-state index < -0.39 is 5.91 Å². The van der Waals surface area contributed by atoms with Gasteiger partial charge in [0, 0.05) is 5.69 Å². The molecule has 1 aromatic rings. The lowest BCUT2D eigenvalue weighted by atomic mass is 9.81. The van der Waals surface area contributed by atoms with Gasteiger partial charge >= 0.3 is 0 Å². The number of nitrogens with one attached hydrogen (secondary N) is 1. The highest BCUT2D eigenvalue weighted by Gasteiger charge is 2.48. The summed E-state index contributed by atoms with van der Waals surface area (Å²) in [6.07, 6.45) is 3.47. The molecule has 22 heavy (non-hydrogen) atoms. The molecular formula is C16H19N3O3. The normalized spacial score (nSPS) is 24.3. The van der Waals surface area contributed by atoms with Crippen LogP contribution in [-0.2, 0) is 14.4 Å². The Bertz CT molecular complexity index is 605. The Morgan fingerprint density at radius 2 is 1.86 bits per heavy atom. The van der Waals surface area contributed by atoms with Crippen LogP contribution in [-0.4, -0.2) is 34.2 Å². The van der Waals surface area contributed by atoms with E-state index in [1.165, 1.54) is 0 Å². The molecule has 1 saturated carbocycles. The molecule has 1 N–H and O–H groups in total. The van der Waals surface area contributed by atoms with E-state index >= 15 is 0 Å². The average molecular weight is 301 g/mol. The molecule has 1 aliphatic carbocycles. The van der Waals surface area contributed by atoms with Crippen LogP contribution >= 0.6 is 0 Å². The molecule has 2 aliphatic rings. The first-order valence-electron chi connectivity index (χ1n) is 7.65. The topological polar surface area (TPSA) is 79.4 Å². The van der Waals surface area contributed by atoms with Gasteiger partial charge in [-0.3, -0.25) is 19.3 Å². The molecule has 0 radical (unpaired) electrons. The van der Waals surface area contributed by atoms with Gasteiger partial charge in [-0.2, -0.15) is 0 Å². The highest BCUT2D eigenvalue weighted by molar-refractivity contribution is 6.08. The number of hydrogen-bond acceptors (Lipinski definition) is 4. The van der Waals surface area contributed by atoms with Crippen LogP contribution in [0.25, 0.3) is 0 Å². The molecule has 2 fully saturated rings. The molecule has 2 atom stereocenters. The smallest absolute Gasteiger partial charge is 0.245 e. The number of aryl methyl sites for hydroxylation is 1. The molecular weight excluding hydrogens is 282 g/mol. The zero-order valence-electron chi connectivity index (χ0n) is 12.5. The second-order valence-electron chi connectivity index (χ2n) is 5.97. The third-order valence-electron chi connectivity index (χ3n) is 4.39. The van der Waals surface area contributed by atoms with Gasteiger partial charge in [-0.1, -0.05) is 18.9 Å². The number of fused-ring (bicyclic) bond motifs is 1. The van der Waals surface area contributed by atoms with Gasteiger partial charge in [0.05, 0.1) is 11.8 Å². The zero-order chi connectivity index (χ0) is 15.7. The van der Waals surface area contributed by atoms with Crippen LogP contribution in [0.4, 0.5) is 5.82 Å². The highest BCUT2D eigenvalue weighted by atomic mass is 16.2. The monoisotopic (exact) mass is 301 g/mol. The van der Waals surface area contributed by atoms with Crippen LogP contribution in [0.2, 0.25) is 0 Å². The van der Waals surface area contributed by atoms with E-state index in [2.05, 4.69) is 10.3 Å². The van der Waals surface area contributed by atoms with Crippen molar-refractivity contribution in [2.45, 2.75) is 32.6 Å². The van der Waals surface area contributed by atoms with Crippen molar-refractivity contribution in [3.63, 3.8) is 0 Å². The molecule has 1 aromatic heterocycles. The van der Waals surface area contributed by atoms with Crippen LogP contribution in [0.5, 0.6) is 0 Å². The van der Waals surface area contributed by atoms with E-state index in [0.29, 0.717) is 5.82 Å². The van der Waals surface area contributed by atoms with E-state index in [4.69, 9.17) is 0 Å². The van der Waals surface area contributed by atoms with Crippen molar-refractivity contribution in [1.29, 1.82) is 0 Å². The van der Waals surface area contributed by atoms with Gasteiger partial charge in [0.2, 0.25) is 17.7 Å². The minimum Gasteiger partial charge on any atom is -0.309 e. The van der Waals surface area contributed by atoms with Gasteiger partial charge in [-0.25, -0.2) is 4.98 Å². The molecule has 3 amide bonds.